The molecule has 15 heteroatoms. The van der Waals surface area contributed by atoms with Crippen LogP contribution in [0.15, 0.2) is 91.5 Å². The van der Waals surface area contributed by atoms with Crippen molar-refractivity contribution in [3.8, 4) is 23.0 Å². The van der Waals surface area contributed by atoms with E-state index in [9.17, 15) is 22.8 Å². The Hall–Kier alpha value is -5.54. The fourth-order valence-electron chi connectivity index (χ4n) is 7.80. The Balaban J connectivity index is 1.14. The number of ether oxygens (including phenoxy) is 2. The predicted octanol–water partition coefficient (Wildman–Crippen LogP) is 6.84. The Labute approximate surface area is 354 Å². The number of hydrogen-bond acceptors (Lipinski definition) is 11. The van der Waals surface area contributed by atoms with E-state index in [2.05, 4.69) is 21.9 Å². The Morgan fingerprint density at radius 3 is 2.33 bits per heavy atom. The van der Waals surface area contributed by atoms with E-state index in [0.717, 1.165) is 37.3 Å². The number of carbonyl (C=O) groups is 3. The van der Waals surface area contributed by atoms with Gasteiger partial charge in [-0.05, 0) is 81.0 Å². The second-order valence-corrected chi connectivity index (χ2v) is 20.3. The van der Waals surface area contributed by atoms with Gasteiger partial charge in [0.2, 0.25) is 27.7 Å². The highest BCUT2D eigenvalue weighted by Gasteiger charge is 2.62. The van der Waals surface area contributed by atoms with Gasteiger partial charge in [0, 0.05) is 33.7 Å². The molecule has 3 amide bonds. The van der Waals surface area contributed by atoms with E-state index in [4.69, 9.17) is 19.4 Å². The number of anilines is 1. The van der Waals surface area contributed by atoms with Gasteiger partial charge >= 0.3 is 0 Å². The van der Waals surface area contributed by atoms with Crippen molar-refractivity contribution in [1.29, 1.82) is 0 Å². The lowest BCUT2D eigenvalue weighted by atomic mass is 9.85. The summed E-state index contributed by atoms with van der Waals surface area (Å²) in [5.41, 5.74) is 0.0813. The number of aromatic nitrogens is 2. The molecule has 0 radical (unpaired) electrons. The van der Waals surface area contributed by atoms with Crippen LogP contribution in [0, 0.1) is 11.3 Å². The number of carbonyl (C=O) groups excluding carboxylic acids is 3. The second kappa shape index (κ2) is 15.8. The summed E-state index contributed by atoms with van der Waals surface area (Å²) in [5, 5.41) is 6.61. The van der Waals surface area contributed by atoms with E-state index in [1.807, 2.05) is 113 Å². The van der Waals surface area contributed by atoms with Crippen LogP contribution in [0.4, 0.5) is 5.69 Å². The van der Waals surface area contributed by atoms with Crippen molar-refractivity contribution < 1.29 is 32.3 Å². The van der Waals surface area contributed by atoms with E-state index >= 15 is 0 Å². The minimum Gasteiger partial charge on any atom is -0.491 e. The van der Waals surface area contributed by atoms with Crippen LogP contribution in [0.25, 0.3) is 31.7 Å². The SMILES string of the molecule is C=C[C@@H]1C[C@]1(NC(=O)[C@@H]1C[C@@H](Oc2nc(-c3ccc(OC(C)C)cc3)nc3c2sc2ccccc23)CN1C(=O)[C@@H](Nc1ccccc1)C(C)(C)C)C(=O)NS(=O)(=O)C1CC1. The van der Waals surface area contributed by atoms with Gasteiger partial charge in [0.25, 0.3) is 5.91 Å². The van der Waals surface area contributed by atoms with Gasteiger partial charge in [0.1, 0.15) is 34.2 Å². The molecule has 2 aliphatic carbocycles. The van der Waals surface area contributed by atoms with Crippen molar-refractivity contribution >= 4 is 65.1 Å². The molecular formula is C45H50N6O7S2. The molecule has 0 bridgehead atoms. The summed E-state index contributed by atoms with van der Waals surface area (Å²) >= 11 is 1.50. The number of thiophene rings is 1. The summed E-state index contributed by atoms with van der Waals surface area (Å²) in [6.07, 6.45) is 2.04. The topological polar surface area (TPSA) is 169 Å². The molecule has 3 fully saturated rings. The first-order chi connectivity index (χ1) is 28.6. The number of nitrogens with zero attached hydrogens (tertiary/aromatic N) is 3. The number of sulfonamides is 1. The minimum absolute atomic E-state index is 0.0102. The average Bonchev–Trinajstić information content (AvgIpc) is 4.12. The summed E-state index contributed by atoms with van der Waals surface area (Å²) in [5.74, 6) is -0.748. The van der Waals surface area contributed by atoms with Gasteiger partial charge in [-0.2, -0.15) is 4.98 Å². The predicted molar refractivity (Wildman–Crippen MR) is 233 cm³/mol. The molecule has 2 saturated carbocycles. The third-order valence-electron chi connectivity index (χ3n) is 11.2. The lowest BCUT2D eigenvalue weighted by molar-refractivity contribution is -0.141. The standard InChI is InChI=1S/C45H50N6O7S2/c1-7-28-24-45(28,43(54)50-60(55,56)32-21-22-32)49-40(52)34-23-31(25-51(34)42(53)38(44(4,5)6)46-29-13-9-8-10-14-29)58-41-37-36(33-15-11-12-16-35(33)59-37)47-39(48-41)27-17-19-30(20-18-27)57-26(2)3/h7-20,26,28,31-32,34,38,46H,1,21-25H2,2-6H3,(H,49,52)(H,50,54)/t28-,31-,34+,38-,45-/m1/s1. The zero-order valence-electron chi connectivity index (χ0n) is 34.3. The number of rotatable bonds is 14. The maximum atomic E-state index is 14.9. The maximum Gasteiger partial charge on any atom is 0.259 e. The van der Waals surface area contributed by atoms with Crippen molar-refractivity contribution in [1.82, 2.24) is 24.9 Å². The summed E-state index contributed by atoms with van der Waals surface area (Å²) in [7, 11) is -3.89. The monoisotopic (exact) mass is 850 g/mol. The summed E-state index contributed by atoms with van der Waals surface area (Å²) in [4.78, 5) is 54.7. The Kier molecular flexibility index (Phi) is 10.9. The second-order valence-electron chi connectivity index (χ2n) is 17.3. The first kappa shape index (κ1) is 41.2. The zero-order valence-corrected chi connectivity index (χ0v) is 35.9. The van der Waals surface area contributed by atoms with Gasteiger partial charge in [-0.3, -0.25) is 19.1 Å². The van der Waals surface area contributed by atoms with Crippen molar-refractivity contribution in [3.63, 3.8) is 0 Å². The van der Waals surface area contributed by atoms with Crippen LogP contribution in [-0.4, -0.2) is 82.6 Å². The molecular weight excluding hydrogens is 801 g/mol. The summed E-state index contributed by atoms with van der Waals surface area (Å²) < 4.78 is 42.3. The summed E-state index contributed by atoms with van der Waals surface area (Å²) in [6, 6.07) is 23.0. The van der Waals surface area contributed by atoms with Crippen LogP contribution in [0.1, 0.15) is 60.3 Å². The number of benzene rings is 3. The van der Waals surface area contributed by atoms with Crippen LogP contribution in [0.2, 0.25) is 0 Å². The molecule has 0 unspecified atom stereocenters. The number of fused-ring (bicyclic) bond motifs is 3. The van der Waals surface area contributed by atoms with Gasteiger partial charge < -0.3 is 25.0 Å². The van der Waals surface area contributed by atoms with E-state index in [1.54, 1.807) is 6.08 Å². The molecule has 3 heterocycles. The molecule has 13 nitrogen and oxygen atoms in total. The number of para-hydroxylation sites is 1. The minimum atomic E-state index is -3.89. The normalized spacial score (nSPS) is 22.0. The molecule has 3 N–H and O–H groups in total. The average molecular weight is 851 g/mol. The van der Waals surface area contributed by atoms with Gasteiger partial charge in [-0.15, -0.1) is 17.9 Å². The first-order valence-electron chi connectivity index (χ1n) is 20.3. The fourth-order valence-corrected chi connectivity index (χ4v) is 10.2. The van der Waals surface area contributed by atoms with Gasteiger partial charge in [-0.1, -0.05) is 63.2 Å². The van der Waals surface area contributed by atoms with Gasteiger partial charge in [0.15, 0.2) is 5.82 Å². The Bertz CT molecular complexity index is 2570. The Morgan fingerprint density at radius 1 is 0.983 bits per heavy atom. The van der Waals surface area contributed by atoms with E-state index in [1.165, 1.54) is 16.2 Å². The molecule has 5 atom stereocenters. The highest BCUT2D eigenvalue weighted by atomic mass is 32.2. The van der Waals surface area contributed by atoms with Gasteiger partial charge in [-0.25, -0.2) is 13.4 Å². The molecule has 8 rings (SSSR count). The van der Waals surface area contributed by atoms with E-state index in [0.29, 0.717) is 24.5 Å². The zero-order chi connectivity index (χ0) is 42.6. The third kappa shape index (κ3) is 8.29. The molecule has 3 aromatic carbocycles. The first-order valence-corrected chi connectivity index (χ1v) is 22.7. The van der Waals surface area contributed by atoms with Crippen LogP contribution >= 0.6 is 11.3 Å². The van der Waals surface area contributed by atoms with Gasteiger partial charge in [0.05, 0.1) is 23.4 Å². The van der Waals surface area contributed by atoms with Crippen molar-refractivity contribution in [2.24, 2.45) is 11.3 Å². The van der Waals surface area contributed by atoms with Crippen molar-refractivity contribution in [2.75, 3.05) is 11.9 Å². The molecule has 60 heavy (non-hydrogen) atoms. The van der Waals surface area contributed by atoms with Crippen LogP contribution in [-0.2, 0) is 24.4 Å². The molecule has 3 aliphatic rings. The number of nitrogens with one attached hydrogen (secondary N) is 3. The van der Waals surface area contributed by atoms with E-state index < -0.39 is 62.1 Å². The number of amides is 3. The highest BCUT2D eigenvalue weighted by molar-refractivity contribution is 7.91. The number of hydrogen-bond donors (Lipinski definition) is 3. The van der Waals surface area contributed by atoms with E-state index in [-0.39, 0.29) is 31.4 Å². The highest BCUT2D eigenvalue weighted by Crippen LogP contribution is 2.46. The van der Waals surface area contributed by atoms with Crippen LogP contribution < -0.4 is 24.8 Å². The Morgan fingerprint density at radius 2 is 1.68 bits per heavy atom. The quantitative estimate of drug-likeness (QED) is 0.101. The summed E-state index contributed by atoms with van der Waals surface area (Å²) in [6.45, 7) is 13.6. The fraction of sp³-hybridized carbons (Fsp3) is 0.400. The number of likely N-dealkylation sites (tertiary alicyclic amines) is 1. The van der Waals surface area contributed by atoms with Crippen LogP contribution in [0.3, 0.4) is 0 Å². The molecule has 314 valence electrons. The lowest BCUT2D eigenvalue weighted by Crippen LogP contribution is -2.58. The lowest BCUT2D eigenvalue weighted by Gasteiger charge is -2.36. The third-order valence-corrected chi connectivity index (χ3v) is 14.2. The molecule has 1 aliphatic heterocycles. The molecule has 2 aromatic heterocycles. The molecule has 5 aromatic rings. The van der Waals surface area contributed by atoms with Crippen molar-refractivity contribution in [3.05, 3.63) is 91.5 Å². The smallest absolute Gasteiger partial charge is 0.259 e. The maximum absolute atomic E-state index is 14.9. The largest absolute Gasteiger partial charge is 0.491 e. The molecule has 0 spiro atoms. The van der Waals surface area contributed by atoms with Crippen molar-refractivity contribution in [2.45, 2.75) is 95.4 Å². The van der Waals surface area contributed by atoms with Crippen LogP contribution in [0.5, 0.6) is 11.6 Å². The molecule has 1 saturated heterocycles.